The molecule has 2 N–H and O–H groups in total. The van der Waals surface area contributed by atoms with Crippen LogP contribution in [-0.4, -0.2) is 26.0 Å². The molecule has 2 aliphatic carbocycles. The molecule has 0 amide bonds. The van der Waals surface area contributed by atoms with Gasteiger partial charge in [0.05, 0.1) is 4.90 Å². The lowest BCUT2D eigenvalue weighted by Crippen LogP contribution is -2.38. The van der Waals surface area contributed by atoms with Crippen LogP contribution in [0.3, 0.4) is 0 Å². The lowest BCUT2D eigenvalue weighted by molar-refractivity contribution is 0.390. The number of hydrogen-bond donors (Lipinski definition) is 2. The van der Waals surface area contributed by atoms with Crippen molar-refractivity contribution in [3.05, 3.63) is 18.3 Å². The van der Waals surface area contributed by atoms with Crippen LogP contribution in [-0.2, 0) is 10.0 Å². The van der Waals surface area contributed by atoms with Gasteiger partial charge in [-0.3, -0.25) is 0 Å². The Kier molecular flexibility index (Phi) is 4.17. The van der Waals surface area contributed by atoms with Crippen LogP contribution >= 0.6 is 0 Å². The summed E-state index contributed by atoms with van der Waals surface area (Å²) in [5.41, 5.74) is 0. The highest BCUT2D eigenvalue weighted by molar-refractivity contribution is 7.89. The molecule has 2 bridgehead atoms. The lowest BCUT2D eigenvalue weighted by atomic mass is 9.96. The molecule has 21 heavy (non-hydrogen) atoms. The zero-order valence-electron chi connectivity index (χ0n) is 12.4. The summed E-state index contributed by atoms with van der Waals surface area (Å²) in [5, 5.41) is 3.12. The Morgan fingerprint density at radius 2 is 2.19 bits per heavy atom. The topological polar surface area (TPSA) is 71.1 Å². The van der Waals surface area contributed by atoms with Gasteiger partial charge in [0.2, 0.25) is 10.0 Å². The fourth-order valence-corrected chi connectivity index (χ4v) is 4.91. The van der Waals surface area contributed by atoms with Gasteiger partial charge in [-0.1, -0.05) is 13.3 Å². The van der Waals surface area contributed by atoms with Gasteiger partial charge in [0.25, 0.3) is 0 Å². The number of pyridine rings is 1. The van der Waals surface area contributed by atoms with E-state index in [-0.39, 0.29) is 6.04 Å². The molecule has 0 aromatic carbocycles. The fourth-order valence-electron chi connectivity index (χ4n) is 3.58. The van der Waals surface area contributed by atoms with Crippen molar-refractivity contribution in [2.24, 2.45) is 11.8 Å². The van der Waals surface area contributed by atoms with Crippen molar-refractivity contribution in [3.63, 3.8) is 0 Å². The second-order valence-corrected chi connectivity index (χ2v) is 7.92. The molecule has 6 heteroatoms. The van der Waals surface area contributed by atoms with E-state index in [1.807, 2.05) is 0 Å². The average molecular weight is 309 g/mol. The highest BCUT2D eigenvalue weighted by Gasteiger charge is 2.41. The van der Waals surface area contributed by atoms with Crippen molar-refractivity contribution in [1.29, 1.82) is 0 Å². The van der Waals surface area contributed by atoms with Crippen LogP contribution in [0.2, 0.25) is 0 Å². The molecule has 116 valence electrons. The average Bonchev–Trinajstić information content (AvgIpc) is 3.07. The smallest absolute Gasteiger partial charge is 0.241 e. The summed E-state index contributed by atoms with van der Waals surface area (Å²) in [4.78, 5) is 4.46. The number of nitrogens with zero attached hydrogens (tertiary/aromatic N) is 1. The SMILES string of the molecule is CCCNc1cc(S(=O)(=O)NC2CC3CCC2C3)ccn1. The third-order valence-electron chi connectivity index (χ3n) is 4.64. The minimum atomic E-state index is -3.44. The largest absolute Gasteiger partial charge is 0.370 e. The number of hydrogen-bond acceptors (Lipinski definition) is 4. The first-order valence-electron chi connectivity index (χ1n) is 7.80. The molecular formula is C15H23N3O2S. The molecule has 3 unspecified atom stereocenters. The van der Waals surface area contributed by atoms with Crippen LogP contribution in [0.1, 0.15) is 39.0 Å². The third-order valence-corrected chi connectivity index (χ3v) is 6.13. The Labute approximate surface area is 126 Å². The maximum atomic E-state index is 12.5. The number of sulfonamides is 1. The van der Waals surface area contributed by atoms with Crippen molar-refractivity contribution in [1.82, 2.24) is 9.71 Å². The molecule has 0 aliphatic heterocycles. The van der Waals surface area contributed by atoms with Crippen LogP contribution in [0, 0.1) is 11.8 Å². The Hall–Kier alpha value is -1.14. The molecule has 1 aromatic rings. The molecule has 3 atom stereocenters. The molecule has 0 saturated heterocycles. The van der Waals surface area contributed by atoms with Crippen LogP contribution in [0.4, 0.5) is 5.82 Å². The molecule has 3 rings (SSSR count). The third kappa shape index (κ3) is 3.21. The summed E-state index contributed by atoms with van der Waals surface area (Å²) in [6.07, 6.45) is 7.14. The van der Waals surface area contributed by atoms with E-state index in [4.69, 9.17) is 0 Å². The summed E-state index contributed by atoms with van der Waals surface area (Å²) in [6, 6.07) is 3.30. The van der Waals surface area contributed by atoms with Gasteiger partial charge in [-0.15, -0.1) is 0 Å². The molecule has 0 spiro atoms. The summed E-state index contributed by atoms with van der Waals surface area (Å²) in [6.45, 7) is 2.85. The summed E-state index contributed by atoms with van der Waals surface area (Å²) in [7, 11) is -3.44. The minimum Gasteiger partial charge on any atom is -0.370 e. The Morgan fingerprint density at radius 3 is 2.86 bits per heavy atom. The van der Waals surface area contributed by atoms with Gasteiger partial charge in [-0.25, -0.2) is 18.1 Å². The van der Waals surface area contributed by atoms with Gasteiger partial charge in [0.15, 0.2) is 0 Å². The molecule has 2 saturated carbocycles. The predicted octanol–water partition coefficient (Wildman–Crippen LogP) is 2.37. The summed E-state index contributed by atoms with van der Waals surface area (Å²) in [5.74, 6) is 1.87. The maximum Gasteiger partial charge on any atom is 0.241 e. The monoisotopic (exact) mass is 309 g/mol. The van der Waals surface area contributed by atoms with E-state index >= 15 is 0 Å². The zero-order valence-corrected chi connectivity index (χ0v) is 13.2. The predicted molar refractivity (Wildman–Crippen MR) is 82.6 cm³/mol. The van der Waals surface area contributed by atoms with Gasteiger partial charge in [-0.2, -0.15) is 0 Å². The number of rotatable bonds is 6. The highest BCUT2D eigenvalue weighted by Crippen LogP contribution is 2.44. The van der Waals surface area contributed by atoms with Crippen molar-refractivity contribution in [2.75, 3.05) is 11.9 Å². The van der Waals surface area contributed by atoms with Crippen LogP contribution in [0.5, 0.6) is 0 Å². The van der Waals surface area contributed by atoms with Crippen LogP contribution < -0.4 is 10.0 Å². The normalized spacial score (nSPS) is 28.0. The van der Waals surface area contributed by atoms with E-state index in [2.05, 4.69) is 21.9 Å². The number of anilines is 1. The standard InChI is InChI=1S/C15H23N3O2S/c1-2-6-16-15-10-13(5-7-17-15)21(19,20)18-14-9-11-3-4-12(14)8-11/h5,7,10-12,14,18H,2-4,6,8-9H2,1H3,(H,16,17). The lowest BCUT2D eigenvalue weighted by Gasteiger charge is -2.22. The molecule has 1 aromatic heterocycles. The first kappa shape index (κ1) is 14.8. The van der Waals surface area contributed by atoms with E-state index in [1.165, 1.54) is 12.8 Å². The second kappa shape index (κ2) is 5.93. The molecule has 5 nitrogen and oxygen atoms in total. The molecular weight excluding hydrogens is 286 g/mol. The molecule has 1 heterocycles. The Balaban J connectivity index is 1.72. The van der Waals surface area contributed by atoms with E-state index in [0.717, 1.165) is 31.7 Å². The van der Waals surface area contributed by atoms with E-state index in [0.29, 0.717) is 16.6 Å². The number of nitrogens with one attached hydrogen (secondary N) is 2. The van der Waals surface area contributed by atoms with Gasteiger partial charge in [-0.05, 0) is 43.6 Å². The Bertz CT molecular complexity index is 603. The van der Waals surface area contributed by atoms with Gasteiger partial charge in [0.1, 0.15) is 5.82 Å². The van der Waals surface area contributed by atoms with Crippen LogP contribution in [0.25, 0.3) is 0 Å². The van der Waals surface area contributed by atoms with Crippen molar-refractivity contribution < 1.29 is 8.42 Å². The first-order chi connectivity index (χ1) is 10.1. The highest BCUT2D eigenvalue weighted by atomic mass is 32.2. The van der Waals surface area contributed by atoms with Gasteiger partial charge < -0.3 is 5.32 Å². The molecule has 0 radical (unpaired) electrons. The van der Waals surface area contributed by atoms with Gasteiger partial charge >= 0.3 is 0 Å². The molecule has 2 fully saturated rings. The van der Waals surface area contributed by atoms with E-state index in [9.17, 15) is 8.42 Å². The Morgan fingerprint density at radius 1 is 1.33 bits per heavy atom. The first-order valence-corrected chi connectivity index (χ1v) is 9.29. The number of fused-ring (bicyclic) bond motifs is 2. The minimum absolute atomic E-state index is 0.119. The molecule has 2 aliphatic rings. The quantitative estimate of drug-likeness (QED) is 0.846. The maximum absolute atomic E-state index is 12.5. The van der Waals surface area contributed by atoms with Crippen molar-refractivity contribution in [3.8, 4) is 0 Å². The zero-order chi connectivity index (χ0) is 14.9. The van der Waals surface area contributed by atoms with Crippen molar-refractivity contribution in [2.45, 2.75) is 50.0 Å². The summed E-state index contributed by atoms with van der Waals surface area (Å²) < 4.78 is 28.0. The fraction of sp³-hybridized carbons (Fsp3) is 0.667. The summed E-state index contributed by atoms with van der Waals surface area (Å²) >= 11 is 0. The van der Waals surface area contributed by atoms with Crippen molar-refractivity contribution >= 4 is 15.8 Å². The van der Waals surface area contributed by atoms with E-state index in [1.54, 1.807) is 18.3 Å². The van der Waals surface area contributed by atoms with E-state index < -0.39 is 10.0 Å². The van der Waals surface area contributed by atoms with Crippen LogP contribution in [0.15, 0.2) is 23.2 Å². The number of aromatic nitrogens is 1. The van der Waals surface area contributed by atoms with Gasteiger partial charge in [0, 0.05) is 24.8 Å². The second-order valence-electron chi connectivity index (χ2n) is 6.21.